The van der Waals surface area contributed by atoms with E-state index in [-0.39, 0.29) is 35.5 Å². The minimum absolute atomic E-state index is 0.00502. The van der Waals surface area contributed by atoms with Crippen molar-refractivity contribution in [2.24, 2.45) is 0 Å². The summed E-state index contributed by atoms with van der Waals surface area (Å²) in [5.41, 5.74) is 0.586. The van der Waals surface area contributed by atoms with Crippen LogP contribution in [-0.4, -0.2) is 49.9 Å². The van der Waals surface area contributed by atoms with Crippen molar-refractivity contribution in [3.05, 3.63) is 41.2 Å². The van der Waals surface area contributed by atoms with Gasteiger partial charge in [-0.25, -0.2) is 27.7 Å². The van der Waals surface area contributed by atoms with E-state index in [1.165, 1.54) is 17.4 Å². The maximum Gasteiger partial charge on any atom is 0.411 e. The lowest BCUT2D eigenvalue weighted by molar-refractivity contribution is 0.0558. The summed E-state index contributed by atoms with van der Waals surface area (Å²) >= 11 is 1.31. The lowest BCUT2D eigenvalue weighted by atomic mass is 10.1. The molecule has 1 aliphatic heterocycles. The Kier molecular flexibility index (Phi) is 9.75. The molecular formula is C26H36N4O7S2. The molecule has 0 unspecified atom stereocenters. The zero-order chi connectivity index (χ0) is 29.0. The Labute approximate surface area is 233 Å². The lowest BCUT2D eigenvalue weighted by Crippen LogP contribution is -2.40. The number of carbonyl (C=O) groups excluding carboxylic acids is 2. The van der Waals surface area contributed by atoms with Crippen molar-refractivity contribution in [1.29, 1.82) is 0 Å². The van der Waals surface area contributed by atoms with Gasteiger partial charge in [-0.15, -0.1) is 11.3 Å². The summed E-state index contributed by atoms with van der Waals surface area (Å²) in [6, 6.07) is 4.64. The minimum Gasteiger partial charge on any atom is -0.447 e. The number of nitrogens with one attached hydrogen (secondary N) is 3. The molecule has 0 aliphatic carbocycles. The normalized spacial score (nSPS) is 16.1. The average Bonchev–Trinajstić information content (AvgIpc) is 3.27. The SMILES string of the molecule is CC(C)OC(=O)NC1=CC[C@H](c2ncc(-c3ccc(NC(=O)OC(C)C)cc3S(=O)(=O)NC(C)(C)C)s2)OC1. The Bertz CT molecular complexity index is 1330. The Morgan fingerprint density at radius 3 is 2.28 bits per heavy atom. The number of rotatable bonds is 8. The van der Waals surface area contributed by atoms with Crippen molar-refractivity contribution >= 4 is 39.2 Å². The fourth-order valence-electron chi connectivity index (χ4n) is 3.61. The third-order valence-electron chi connectivity index (χ3n) is 4.99. The van der Waals surface area contributed by atoms with E-state index >= 15 is 0 Å². The summed E-state index contributed by atoms with van der Waals surface area (Å²) < 4.78 is 45.6. The molecule has 0 saturated carbocycles. The molecule has 0 spiro atoms. The maximum absolute atomic E-state index is 13.4. The summed E-state index contributed by atoms with van der Waals surface area (Å²) in [6.45, 7) is 12.4. The number of hydrogen-bond acceptors (Lipinski definition) is 9. The number of anilines is 1. The van der Waals surface area contributed by atoms with Crippen LogP contribution in [0.25, 0.3) is 10.4 Å². The van der Waals surface area contributed by atoms with Gasteiger partial charge >= 0.3 is 12.2 Å². The number of sulfonamides is 1. The molecule has 3 rings (SSSR count). The number of amides is 2. The van der Waals surface area contributed by atoms with Gasteiger partial charge in [0.1, 0.15) is 11.1 Å². The summed E-state index contributed by atoms with van der Waals surface area (Å²) in [4.78, 5) is 29.1. The number of carbonyl (C=O) groups is 2. The van der Waals surface area contributed by atoms with E-state index in [1.54, 1.807) is 66.8 Å². The molecule has 2 aromatic rings. The molecule has 2 amide bonds. The van der Waals surface area contributed by atoms with Crippen LogP contribution in [0.2, 0.25) is 0 Å². The first kappa shape index (κ1) is 30.5. The third-order valence-corrected chi connectivity index (χ3v) is 7.91. The minimum atomic E-state index is -3.98. The van der Waals surface area contributed by atoms with Gasteiger partial charge in [0, 0.05) is 35.1 Å². The largest absolute Gasteiger partial charge is 0.447 e. The number of nitrogens with zero attached hydrogens (tertiary/aromatic N) is 1. The molecule has 1 aliphatic rings. The number of benzene rings is 1. The van der Waals surface area contributed by atoms with Crippen molar-refractivity contribution in [3.8, 4) is 10.4 Å². The number of ether oxygens (including phenoxy) is 3. The first-order valence-electron chi connectivity index (χ1n) is 12.5. The van der Waals surface area contributed by atoms with Crippen LogP contribution in [0, 0.1) is 0 Å². The van der Waals surface area contributed by atoms with Crippen molar-refractivity contribution in [3.63, 3.8) is 0 Å². The molecular weight excluding hydrogens is 544 g/mol. The smallest absolute Gasteiger partial charge is 0.411 e. The molecule has 0 bridgehead atoms. The fraction of sp³-hybridized carbons (Fsp3) is 0.500. The Balaban J connectivity index is 1.86. The van der Waals surface area contributed by atoms with Crippen molar-refractivity contribution in [2.45, 2.75) is 83.6 Å². The highest BCUT2D eigenvalue weighted by molar-refractivity contribution is 7.89. The standard InChI is InChI=1S/C26H36N4O7S2/c1-15(2)36-24(31)28-17-8-10-19(22(12-17)39(33,34)30-26(5,6)7)21-13-27-23(38-21)20-11-9-18(14-35-20)29-25(32)37-16(3)4/h8-10,12-13,15-16,20,30H,11,14H2,1-7H3,(H,28,31)(H,29,32)/t20-/m1/s1. The van der Waals surface area contributed by atoms with Gasteiger partial charge in [-0.2, -0.15) is 0 Å². The van der Waals surface area contributed by atoms with Crippen LogP contribution in [0.1, 0.15) is 66.0 Å². The third kappa shape index (κ3) is 9.02. The number of hydrogen-bond donors (Lipinski definition) is 3. The molecule has 0 radical (unpaired) electrons. The second kappa shape index (κ2) is 12.5. The van der Waals surface area contributed by atoms with Gasteiger partial charge in [0.2, 0.25) is 10.0 Å². The Hall–Kier alpha value is -3.00. The van der Waals surface area contributed by atoms with Crippen LogP contribution in [0.5, 0.6) is 0 Å². The van der Waals surface area contributed by atoms with Crippen LogP contribution in [0.4, 0.5) is 15.3 Å². The molecule has 1 atom stereocenters. The fourth-order valence-corrected chi connectivity index (χ4v) is 6.36. The average molecular weight is 581 g/mol. The van der Waals surface area contributed by atoms with Crippen LogP contribution in [0.3, 0.4) is 0 Å². The molecule has 0 saturated heterocycles. The van der Waals surface area contributed by atoms with E-state index < -0.39 is 27.7 Å². The van der Waals surface area contributed by atoms with Gasteiger partial charge in [0.05, 0.1) is 28.6 Å². The predicted octanol–water partition coefficient (Wildman–Crippen LogP) is 5.32. The predicted molar refractivity (Wildman–Crippen MR) is 149 cm³/mol. The summed E-state index contributed by atoms with van der Waals surface area (Å²) in [5, 5.41) is 5.92. The molecule has 214 valence electrons. The van der Waals surface area contributed by atoms with E-state index in [1.807, 2.05) is 6.08 Å². The Morgan fingerprint density at radius 2 is 1.72 bits per heavy atom. The van der Waals surface area contributed by atoms with E-state index in [0.29, 0.717) is 27.6 Å². The van der Waals surface area contributed by atoms with Crippen molar-refractivity contribution < 1.29 is 32.2 Å². The number of aromatic nitrogens is 1. The Morgan fingerprint density at radius 1 is 1.08 bits per heavy atom. The second-order valence-corrected chi connectivity index (χ2v) is 13.3. The molecule has 39 heavy (non-hydrogen) atoms. The lowest BCUT2D eigenvalue weighted by Gasteiger charge is -2.22. The van der Waals surface area contributed by atoms with E-state index in [9.17, 15) is 18.0 Å². The van der Waals surface area contributed by atoms with Gasteiger partial charge in [-0.3, -0.25) is 10.6 Å². The quantitative estimate of drug-likeness (QED) is 0.380. The van der Waals surface area contributed by atoms with E-state index in [2.05, 4.69) is 20.3 Å². The molecule has 1 aromatic carbocycles. The monoisotopic (exact) mass is 580 g/mol. The molecule has 3 N–H and O–H groups in total. The highest BCUT2D eigenvalue weighted by atomic mass is 32.2. The van der Waals surface area contributed by atoms with Gasteiger partial charge < -0.3 is 14.2 Å². The van der Waals surface area contributed by atoms with Crippen molar-refractivity contribution in [1.82, 2.24) is 15.0 Å². The van der Waals surface area contributed by atoms with Gasteiger partial charge in [0.25, 0.3) is 0 Å². The van der Waals surface area contributed by atoms with Gasteiger partial charge in [-0.05, 0) is 60.6 Å². The van der Waals surface area contributed by atoms with Crippen LogP contribution >= 0.6 is 11.3 Å². The van der Waals surface area contributed by atoms with Crippen LogP contribution in [-0.2, 0) is 24.2 Å². The van der Waals surface area contributed by atoms with Gasteiger partial charge in [-0.1, -0.05) is 12.1 Å². The number of thiazole rings is 1. The van der Waals surface area contributed by atoms with Crippen LogP contribution < -0.4 is 15.4 Å². The van der Waals surface area contributed by atoms with Gasteiger partial charge in [0.15, 0.2) is 0 Å². The molecule has 1 aromatic heterocycles. The first-order valence-corrected chi connectivity index (χ1v) is 14.8. The van der Waals surface area contributed by atoms with Crippen LogP contribution in [0.15, 0.2) is 41.1 Å². The van der Waals surface area contributed by atoms with E-state index in [4.69, 9.17) is 14.2 Å². The zero-order valence-electron chi connectivity index (χ0n) is 23.2. The molecule has 13 heteroatoms. The highest BCUT2D eigenvalue weighted by Crippen LogP contribution is 2.38. The zero-order valence-corrected chi connectivity index (χ0v) is 24.8. The highest BCUT2D eigenvalue weighted by Gasteiger charge is 2.28. The topological polar surface area (TPSA) is 145 Å². The first-order chi connectivity index (χ1) is 18.1. The summed E-state index contributed by atoms with van der Waals surface area (Å²) in [6.07, 6.45) is 1.80. The van der Waals surface area contributed by atoms with Crippen molar-refractivity contribution in [2.75, 3.05) is 11.9 Å². The molecule has 2 heterocycles. The maximum atomic E-state index is 13.4. The number of alkyl carbamates (subject to hydrolysis) is 1. The summed E-state index contributed by atoms with van der Waals surface area (Å²) in [5.74, 6) is 0. The molecule has 11 nitrogen and oxygen atoms in total. The summed E-state index contributed by atoms with van der Waals surface area (Å²) in [7, 11) is -3.98. The van der Waals surface area contributed by atoms with E-state index in [0.717, 1.165) is 0 Å². The molecule has 0 fully saturated rings. The second-order valence-electron chi connectivity index (χ2n) is 10.6.